The molecule has 3 amide bonds. The Kier molecular flexibility index (Phi) is 3.73. The number of nitrogens with zero attached hydrogens (tertiary/aromatic N) is 2. The van der Waals surface area contributed by atoms with Crippen molar-refractivity contribution in [3.8, 4) is 0 Å². The molecule has 6 nitrogen and oxygen atoms in total. The number of fused-ring (bicyclic) bond motifs is 3. The van der Waals surface area contributed by atoms with Gasteiger partial charge in [-0.1, -0.05) is 12.1 Å². The van der Waals surface area contributed by atoms with Gasteiger partial charge in [-0.25, -0.2) is 8.78 Å². The number of nitrogens with one attached hydrogen (secondary N) is 1. The summed E-state index contributed by atoms with van der Waals surface area (Å²) >= 11 is 0. The summed E-state index contributed by atoms with van der Waals surface area (Å²) in [6, 6.07) is 9.29. The van der Waals surface area contributed by atoms with Crippen molar-refractivity contribution in [1.29, 1.82) is 0 Å². The van der Waals surface area contributed by atoms with E-state index in [4.69, 9.17) is 0 Å². The van der Waals surface area contributed by atoms with E-state index in [9.17, 15) is 23.2 Å². The van der Waals surface area contributed by atoms with Gasteiger partial charge in [-0.3, -0.25) is 19.3 Å². The lowest BCUT2D eigenvalue weighted by molar-refractivity contribution is -0.128. The van der Waals surface area contributed by atoms with Gasteiger partial charge in [0.25, 0.3) is 11.8 Å². The molecule has 2 aromatic carbocycles. The molecule has 2 heterocycles. The van der Waals surface area contributed by atoms with Crippen molar-refractivity contribution in [2.45, 2.75) is 18.5 Å². The third-order valence-electron chi connectivity index (χ3n) is 5.08. The normalized spacial score (nSPS) is 21.1. The van der Waals surface area contributed by atoms with Crippen LogP contribution in [0, 0.1) is 11.6 Å². The number of rotatable bonds is 2. The van der Waals surface area contributed by atoms with Gasteiger partial charge in [0.15, 0.2) is 0 Å². The second-order valence-electron chi connectivity index (χ2n) is 6.51. The highest BCUT2D eigenvalue weighted by molar-refractivity contribution is 6.18. The molecule has 0 radical (unpaired) electrons. The van der Waals surface area contributed by atoms with Gasteiger partial charge in [0.05, 0.1) is 16.9 Å². The molecular weight excluding hydrogens is 356 g/mol. The minimum absolute atomic E-state index is 0.0608. The molecule has 8 heteroatoms. The number of amides is 3. The monoisotopic (exact) mass is 371 g/mol. The number of halogens is 2. The number of carbonyl (C=O) groups excluding carboxylic acids is 3. The van der Waals surface area contributed by atoms with E-state index in [1.807, 2.05) is 0 Å². The molecule has 27 heavy (non-hydrogen) atoms. The quantitative estimate of drug-likeness (QED) is 0.882. The summed E-state index contributed by atoms with van der Waals surface area (Å²) in [7, 11) is 1.43. The highest BCUT2D eigenvalue weighted by Gasteiger charge is 2.59. The highest BCUT2D eigenvalue weighted by atomic mass is 19.1. The Labute approximate surface area is 153 Å². The third kappa shape index (κ3) is 2.33. The minimum atomic E-state index is -1.61. The van der Waals surface area contributed by atoms with E-state index in [1.54, 1.807) is 24.3 Å². The van der Waals surface area contributed by atoms with Gasteiger partial charge in [-0.2, -0.15) is 0 Å². The fraction of sp³-hybridized carbons (Fsp3) is 0.211. The first kappa shape index (κ1) is 17.1. The molecule has 2 aliphatic rings. The van der Waals surface area contributed by atoms with Crippen molar-refractivity contribution in [1.82, 2.24) is 4.90 Å². The molecule has 1 atom stereocenters. The number of carbonyl (C=O) groups is 3. The van der Waals surface area contributed by atoms with E-state index in [0.29, 0.717) is 17.3 Å². The smallest absolute Gasteiger partial charge is 0.271 e. The molecule has 2 aliphatic heterocycles. The summed E-state index contributed by atoms with van der Waals surface area (Å²) in [6.07, 6.45) is 0.127. The summed E-state index contributed by atoms with van der Waals surface area (Å²) < 4.78 is 27.1. The van der Waals surface area contributed by atoms with Gasteiger partial charge in [-0.05, 0) is 24.3 Å². The zero-order valence-corrected chi connectivity index (χ0v) is 14.3. The predicted octanol–water partition coefficient (Wildman–Crippen LogP) is 2.51. The molecule has 4 rings (SSSR count). The van der Waals surface area contributed by atoms with Crippen LogP contribution in [0.4, 0.5) is 20.2 Å². The van der Waals surface area contributed by atoms with Gasteiger partial charge in [0.1, 0.15) is 11.6 Å². The third-order valence-corrected chi connectivity index (χ3v) is 5.08. The average Bonchev–Trinajstić information content (AvgIpc) is 3.01. The maximum absolute atomic E-state index is 14.0. The topological polar surface area (TPSA) is 69.7 Å². The maximum atomic E-state index is 14.0. The Morgan fingerprint density at radius 3 is 2.63 bits per heavy atom. The number of hydrogen-bond acceptors (Lipinski definition) is 3. The molecular formula is C19H15F2N3O3. The van der Waals surface area contributed by atoms with E-state index < -0.39 is 29.1 Å². The van der Waals surface area contributed by atoms with Crippen LogP contribution in [-0.2, 0) is 9.59 Å². The summed E-state index contributed by atoms with van der Waals surface area (Å²) in [5.41, 5.74) is -1.18. The molecule has 0 bridgehead atoms. The first-order valence-electron chi connectivity index (χ1n) is 8.33. The fourth-order valence-corrected chi connectivity index (χ4v) is 3.74. The number of likely N-dealkylation sites (N-methyl/N-ethyl adjacent to an activating group) is 1. The predicted molar refractivity (Wildman–Crippen MR) is 93.0 cm³/mol. The first-order valence-corrected chi connectivity index (χ1v) is 8.33. The van der Waals surface area contributed by atoms with Crippen LogP contribution >= 0.6 is 0 Å². The number of para-hydroxylation sites is 1. The molecule has 1 unspecified atom stereocenters. The molecule has 138 valence electrons. The van der Waals surface area contributed by atoms with Crippen molar-refractivity contribution in [3.63, 3.8) is 0 Å². The molecule has 0 saturated carbocycles. The van der Waals surface area contributed by atoms with Crippen molar-refractivity contribution in [2.24, 2.45) is 0 Å². The van der Waals surface area contributed by atoms with Gasteiger partial charge in [0, 0.05) is 26.0 Å². The van der Waals surface area contributed by atoms with Gasteiger partial charge in [-0.15, -0.1) is 0 Å². The lowest BCUT2D eigenvalue weighted by atomic mass is 9.96. The van der Waals surface area contributed by atoms with Crippen molar-refractivity contribution in [3.05, 3.63) is 59.7 Å². The van der Waals surface area contributed by atoms with Gasteiger partial charge in [0.2, 0.25) is 11.6 Å². The summed E-state index contributed by atoms with van der Waals surface area (Å²) in [6.45, 7) is 0. The first-order chi connectivity index (χ1) is 12.9. The lowest BCUT2D eigenvalue weighted by Crippen LogP contribution is -2.68. The summed E-state index contributed by atoms with van der Waals surface area (Å²) in [4.78, 5) is 41.1. The largest absolute Gasteiger partial charge is 0.320 e. The molecule has 0 aliphatic carbocycles. The number of hydrogen-bond donors (Lipinski definition) is 1. The molecule has 0 spiro atoms. The molecule has 0 aromatic heterocycles. The van der Waals surface area contributed by atoms with Gasteiger partial charge >= 0.3 is 0 Å². The van der Waals surface area contributed by atoms with Crippen molar-refractivity contribution < 1.29 is 23.2 Å². The molecule has 1 saturated heterocycles. The molecule has 1 N–H and O–H groups in total. The van der Waals surface area contributed by atoms with Crippen molar-refractivity contribution in [2.75, 3.05) is 17.3 Å². The number of anilines is 2. The Balaban J connectivity index is 1.81. The van der Waals surface area contributed by atoms with Crippen LogP contribution in [0.5, 0.6) is 0 Å². The van der Waals surface area contributed by atoms with Crippen LogP contribution < -0.4 is 10.2 Å². The van der Waals surface area contributed by atoms with Crippen LogP contribution in [0.2, 0.25) is 0 Å². The number of benzene rings is 2. The van der Waals surface area contributed by atoms with E-state index in [0.717, 1.165) is 12.1 Å². The zero-order valence-electron chi connectivity index (χ0n) is 14.3. The van der Waals surface area contributed by atoms with Crippen molar-refractivity contribution >= 4 is 29.1 Å². The van der Waals surface area contributed by atoms with Gasteiger partial charge < -0.3 is 10.2 Å². The van der Waals surface area contributed by atoms with E-state index in [1.165, 1.54) is 16.8 Å². The second-order valence-corrected chi connectivity index (χ2v) is 6.51. The lowest BCUT2D eigenvalue weighted by Gasteiger charge is -2.47. The van der Waals surface area contributed by atoms with Crippen LogP contribution in [0.25, 0.3) is 0 Å². The Bertz CT molecular complexity index is 994. The standard InChI is InChI=1S/C19H15F2N3O3/c1-23-17(26)12-4-2-3-5-15(12)24-16(25)8-9-19(23,24)18(27)22-14-7-6-11(20)10-13(14)21/h2-7,10H,8-9H2,1H3,(H,22,27). The van der Waals surface area contributed by atoms with Crippen LogP contribution in [0.15, 0.2) is 42.5 Å². The van der Waals surface area contributed by atoms with Crippen LogP contribution in [-0.4, -0.2) is 35.3 Å². The Morgan fingerprint density at radius 2 is 1.89 bits per heavy atom. The van der Waals surface area contributed by atoms with E-state index in [-0.39, 0.29) is 24.4 Å². The SMILES string of the molecule is CN1C(=O)c2ccccc2N2C(=O)CCC12C(=O)Nc1ccc(F)cc1F. The summed E-state index contributed by atoms with van der Waals surface area (Å²) in [5, 5.41) is 2.40. The fourth-order valence-electron chi connectivity index (χ4n) is 3.74. The Hall–Kier alpha value is -3.29. The highest BCUT2D eigenvalue weighted by Crippen LogP contribution is 2.44. The van der Waals surface area contributed by atoms with E-state index >= 15 is 0 Å². The summed E-state index contributed by atoms with van der Waals surface area (Å²) in [5.74, 6) is -3.17. The molecule has 1 fully saturated rings. The zero-order chi connectivity index (χ0) is 19.3. The van der Waals surface area contributed by atoms with Crippen LogP contribution in [0.1, 0.15) is 23.2 Å². The Morgan fingerprint density at radius 1 is 1.15 bits per heavy atom. The second kappa shape index (κ2) is 5.87. The van der Waals surface area contributed by atoms with Crippen LogP contribution in [0.3, 0.4) is 0 Å². The average molecular weight is 371 g/mol. The minimum Gasteiger partial charge on any atom is -0.320 e. The van der Waals surface area contributed by atoms with E-state index in [2.05, 4.69) is 5.32 Å². The maximum Gasteiger partial charge on any atom is 0.271 e. The molecule has 2 aromatic rings.